The van der Waals surface area contributed by atoms with Crippen molar-refractivity contribution in [3.8, 4) is 0 Å². The van der Waals surface area contributed by atoms with Crippen LogP contribution in [0.5, 0.6) is 0 Å². The molecule has 1 aromatic rings. The minimum atomic E-state index is -0.599. The van der Waals surface area contributed by atoms with E-state index in [1.807, 2.05) is 6.92 Å². The van der Waals surface area contributed by atoms with E-state index < -0.39 is 5.97 Å². The zero-order valence-corrected chi connectivity index (χ0v) is 18.5. The van der Waals surface area contributed by atoms with Crippen molar-refractivity contribution in [2.75, 3.05) is 45.7 Å². The Bertz CT molecular complexity index is 761. The van der Waals surface area contributed by atoms with Crippen molar-refractivity contribution in [3.63, 3.8) is 0 Å². The molecule has 1 unspecified atom stereocenters. The van der Waals surface area contributed by atoms with Crippen LogP contribution in [0, 0.1) is 12.8 Å². The number of hydrogen-bond acceptors (Lipinski definition) is 8. The molecule has 2 N–H and O–H groups in total. The Labute approximate surface area is 174 Å². The molecule has 0 radical (unpaired) electrons. The Morgan fingerprint density at radius 1 is 1.21 bits per heavy atom. The summed E-state index contributed by atoms with van der Waals surface area (Å²) in [4.78, 5) is 50.8. The summed E-state index contributed by atoms with van der Waals surface area (Å²) < 4.78 is 9.79. The minimum Gasteiger partial charge on any atom is -0.469 e. The van der Waals surface area contributed by atoms with Crippen LogP contribution in [0.2, 0.25) is 0 Å². The molecule has 0 saturated carbocycles. The Morgan fingerprint density at radius 2 is 1.86 bits per heavy atom. The molecular formula is C19H29N3O6S. The number of likely N-dealkylation sites (N-methyl/N-ethyl adjacent to an activating group) is 1. The summed E-state index contributed by atoms with van der Waals surface area (Å²) >= 11 is 1.02. The summed E-state index contributed by atoms with van der Waals surface area (Å²) in [5.41, 5.74) is 0.629. The third-order valence-electron chi connectivity index (χ3n) is 4.26. The van der Waals surface area contributed by atoms with Crippen LogP contribution in [0.15, 0.2) is 0 Å². The normalized spacial score (nSPS) is 11.7. The number of methoxy groups -OCH3 is 1. The van der Waals surface area contributed by atoms with Gasteiger partial charge in [0.15, 0.2) is 0 Å². The molecule has 1 heterocycles. The summed E-state index contributed by atoms with van der Waals surface area (Å²) in [6.07, 6.45) is 0. The second-order valence-corrected chi connectivity index (χ2v) is 7.38. The van der Waals surface area contributed by atoms with E-state index in [-0.39, 0.29) is 47.4 Å². The average Bonchev–Trinajstić information content (AvgIpc) is 3.01. The predicted octanol–water partition coefficient (Wildman–Crippen LogP) is 1.66. The van der Waals surface area contributed by atoms with E-state index in [9.17, 15) is 19.2 Å². The number of esters is 2. The second-order valence-electron chi connectivity index (χ2n) is 6.36. The van der Waals surface area contributed by atoms with Gasteiger partial charge >= 0.3 is 11.9 Å². The van der Waals surface area contributed by atoms with E-state index in [2.05, 4.69) is 10.6 Å². The van der Waals surface area contributed by atoms with Gasteiger partial charge in [0, 0.05) is 13.6 Å². The number of rotatable bonds is 10. The third-order valence-corrected chi connectivity index (χ3v) is 5.47. The van der Waals surface area contributed by atoms with Crippen molar-refractivity contribution in [3.05, 3.63) is 16.0 Å². The lowest BCUT2D eigenvalue weighted by Crippen LogP contribution is -2.38. The maximum Gasteiger partial charge on any atom is 0.341 e. The maximum atomic E-state index is 12.6. The summed E-state index contributed by atoms with van der Waals surface area (Å²) in [5, 5.41) is 5.50. The van der Waals surface area contributed by atoms with E-state index in [4.69, 9.17) is 9.47 Å². The molecule has 0 saturated heterocycles. The molecule has 9 nitrogen and oxygen atoms in total. The highest BCUT2D eigenvalue weighted by Gasteiger charge is 2.27. The highest BCUT2D eigenvalue weighted by Crippen LogP contribution is 2.33. The van der Waals surface area contributed by atoms with E-state index >= 15 is 0 Å². The zero-order valence-electron chi connectivity index (χ0n) is 17.7. The van der Waals surface area contributed by atoms with Crippen molar-refractivity contribution in [1.82, 2.24) is 10.2 Å². The Morgan fingerprint density at radius 3 is 2.38 bits per heavy atom. The number of hydrogen-bond donors (Lipinski definition) is 2. The molecule has 0 aromatic carbocycles. The van der Waals surface area contributed by atoms with Crippen LogP contribution in [-0.2, 0) is 19.1 Å². The van der Waals surface area contributed by atoms with Crippen molar-refractivity contribution in [2.24, 2.45) is 5.92 Å². The Hall–Kier alpha value is -2.46. The van der Waals surface area contributed by atoms with Gasteiger partial charge in [-0.25, -0.2) is 4.79 Å². The summed E-state index contributed by atoms with van der Waals surface area (Å²) in [7, 11) is 2.81. The average molecular weight is 428 g/mol. The monoisotopic (exact) mass is 427 g/mol. The number of anilines is 1. The molecular weight excluding hydrogens is 398 g/mol. The van der Waals surface area contributed by atoms with Crippen molar-refractivity contribution in [2.45, 2.75) is 27.7 Å². The molecule has 10 heteroatoms. The number of carbonyl (C=O) groups excluding carboxylic acids is 4. The molecule has 0 aliphatic rings. The van der Waals surface area contributed by atoms with Gasteiger partial charge in [0.25, 0.3) is 5.91 Å². The first-order valence-corrected chi connectivity index (χ1v) is 10.1. The molecule has 162 valence electrons. The molecule has 0 spiro atoms. The van der Waals surface area contributed by atoms with Crippen molar-refractivity contribution >= 4 is 40.1 Å². The van der Waals surface area contributed by atoms with Crippen LogP contribution in [0.4, 0.5) is 5.00 Å². The van der Waals surface area contributed by atoms with Crippen molar-refractivity contribution < 1.29 is 28.7 Å². The highest BCUT2D eigenvalue weighted by molar-refractivity contribution is 7.18. The number of nitrogens with one attached hydrogen (secondary N) is 2. The number of ether oxygens (including phenoxy) is 2. The maximum absolute atomic E-state index is 12.6. The highest BCUT2D eigenvalue weighted by atomic mass is 32.1. The number of nitrogens with zero attached hydrogens (tertiary/aromatic N) is 1. The lowest BCUT2D eigenvalue weighted by molar-refractivity contribution is -0.145. The van der Waals surface area contributed by atoms with E-state index in [1.54, 1.807) is 25.7 Å². The molecule has 0 aliphatic heterocycles. The largest absolute Gasteiger partial charge is 0.469 e. The van der Waals surface area contributed by atoms with Crippen LogP contribution < -0.4 is 10.6 Å². The van der Waals surface area contributed by atoms with Gasteiger partial charge in [-0.3, -0.25) is 19.3 Å². The number of amides is 2. The van der Waals surface area contributed by atoms with Gasteiger partial charge in [-0.1, -0.05) is 13.8 Å². The molecule has 0 bridgehead atoms. The van der Waals surface area contributed by atoms with E-state index in [0.717, 1.165) is 11.3 Å². The smallest absolute Gasteiger partial charge is 0.341 e. The summed E-state index contributed by atoms with van der Waals surface area (Å²) in [6.45, 7) is 8.02. The van der Waals surface area contributed by atoms with Gasteiger partial charge in [-0.2, -0.15) is 0 Å². The zero-order chi connectivity index (χ0) is 22.1. The first kappa shape index (κ1) is 24.6. The third kappa shape index (κ3) is 6.53. The Balaban J connectivity index is 3.02. The molecule has 0 fully saturated rings. The van der Waals surface area contributed by atoms with Crippen LogP contribution in [0.1, 0.15) is 46.4 Å². The van der Waals surface area contributed by atoms with Gasteiger partial charge in [-0.15, -0.1) is 11.3 Å². The summed E-state index contributed by atoms with van der Waals surface area (Å²) in [6, 6.07) is 0. The van der Waals surface area contributed by atoms with Gasteiger partial charge in [0.2, 0.25) is 5.91 Å². The molecule has 1 atom stereocenters. The summed E-state index contributed by atoms with van der Waals surface area (Å²) in [5.74, 6) is -2.04. The second kappa shape index (κ2) is 11.5. The van der Waals surface area contributed by atoms with Gasteiger partial charge in [-0.05, 0) is 26.0 Å². The standard InChI is InChI=1S/C19H29N3O6S/c1-7-22(9-11(3)18(25)27-6)10-13(23)21-17-14(19(26)28-8-2)12(4)15(29-17)16(24)20-5/h11H,7-10H2,1-6H3,(H,20,24)(H,21,23). The lowest BCUT2D eigenvalue weighted by atomic mass is 10.1. The number of carbonyl (C=O) groups is 4. The van der Waals surface area contributed by atoms with Crippen LogP contribution in [0.25, 0.3) is 0 Å². The van der Waals surface area contributed by atoms with Crippen molar-refractivity contribution in [1.29, 1.82) is 0 Å². The first-order valence-electron chi connectivity index (χ1n) is 9.32. The number of thiophene rings is 1. The quantitative estimate of drug-likeness (QED) is 0.546. The Kier molecular flexibility index (Phi) is 9.76. The van der Waals surface area contributed by atoms with Gasteiger partial charge < -0.3 is 20.1 Å². The lowest BCUT2D eigenvalue weighted by Gasteiger charge is -2.22. The molecule has 29 heavy (non-hydrogen) atoms. The SMILES string of the molecule is CCOC(=O)c1c(NC(=O)CN(CC)CC(C)C(=O)OC)sc(C(=O)NC)c1C. The fourth-order valence-electron chi connectivity index (χ4n) is 2.72. The minimum absolute atomic E-state index is 0.0202. The fraction of sp³-hybridized carbons (Fsp3) is 0.579. The molecule has 2 amide bonds. The first-order chi connectivity index (χ1) is 13.7. The topological polar surface area (TPSA) is 114 Å². The molecule has 0 aliphatic carbocycles. The molecule has 1 aromatic heterocycles. The van der Waals surface area contributed by atoms with Crippen LogP contribution in [-0.4, -0.2) is 69.1 Å². The van der Waals surface area contributed by atoms with E-state index in [1.165, 1.54) is 14.2 Å². The van der Waals surface area contributed by atoms with Crippen LogP contribution in [0.3, 0.4) is 0 Å². The van der Waals surface area contributed by atoms with Gasteiger partial charge in [0.05, 0.1) is 36.6 Å². The molecule has 1 rings (SSSR count). The fourth-order valence-corrected chi connectivity index (χ4v) is 3.88. The van der Waals surface area contributed by atoms with Crippen LogP contribution >= 0.6 is 11.3 Å². The van der Waals surface area contributed by atoms with Gasteiger partial charge in [0.1, 0.15) is 5.00 Å². The predicted molar refractivity (Wildman–Crippen MR) is 110 cm³/mol. The van der Waals surface area contributed by atoms with E-state index in [0.29, 0.717) is 23.5 Å².